The van der Waals surface area contributed by atoms with E-state index in [4.69, 9.17) is 4.74 Å². The number of esters is 1. The lowest BCUT2D eigenvalue weighted by atomic mass is 9.91. The van der Waals surface area contributed by atoms with E-state index in [1.807, 2.05) is 0 Å². The summed E-state index contributed by atoms with van der Waals surface area (Å²) >= 11 is 0. The number of allylic oxidation sites excluding steroid dienone is 2. The molecule has 0 aromatic carbocycles. The molecule has 18 heavy (non-hydrogen) atoms. The van der Waals surface area contributed by atoms with Crippen molar-refractivity contribution in [1.82, 2.24) is 0 Å². The SMILES string of the molecule is CC1=CCC(COC(=O)C[NH+]2CCCCC2)CC1. The zero-order valence-corrected chi connectivity index (χ0v) is 11.5. The highest BCUT2D eigenvalue weighted by Gasteiger charge is 2.20. The van der Waals surface area contributed by atoms with Crippen molar-refractivity contribution < 1.29 is 14.4 Å². The Morgan fingerprint density at radius 1 is 1.39 bits per heavy atom. The fourth-order valence-corrected chi connectivity index (χ4v) is 2.87. The second kappa shape index (κ2) is 6.93. The Hall–Kier alpha value is -0.830. The minimum Gasteiger partial charge on any atom is -0.461 e. The quantitative estimate of drug-likeness (QED) is 0.605. The summed E-state index contributed by atoms with van der Waals surface area (Å²) in [4.78, 5) is 13.2. The van der Waals surface area contributed by atoms with Gasteiger partial charge in [0.1, 0.15) is 0 Å². The van der Waals surface area contributed by atoms with E-state index >= 15 is 0 Å². The predicted molar refractivity (Wildman–Crippen MR) is 71.5 cm³/mol. The minimum atomic E-state index is -0.00169. The molecule has 1 fully saturated rings. The van der Waals surface area contributed by atoms with Crippen LogP contribution < -0.4 is 4.90 Å². The Morgan fingerprint density at radius 2 is 2.17 bits per heavy atom. The van der Waals surface area contributed by atoms with E-state index < -0.39 is 0 Å². The lowest BCUT2D eigenvalue weighted by Gasteiger charge is -2.23. The van der Waals surface area contributed by atoms with Crippen LogP contribution >= 0.6 is 0 Å². The summed E-state index contributed by atoms with van der Waals surface area (Å²) in [5, 5.41) is 0. The molecule has 1 atom stereocenters. The smallest absolute Gasteiger partial charge is 0.361 e. The molecule has 2 aliphatic rings. The maximum atomic E-state index is 11.8. The van der Waals surface area contributed by atoms with Gasteiger partial charge >= 0.3 is 5.97 Å². The zero-order chi connectivity index (χ0) is 12.8. The van der Waals surface area contributed by atoms with Crippen LogP contribution in [0.3, 0.4) is 0 Å². The third kappa shape index (κ3) is 4.45. The van der Waals surface area contributed by atoms with Crippen LogP contribution in [0.2, 0.25) is 0 Å². The van der Waals surface area contributed by atoms with Gasteiger partial charge in [0, 0.05) is 0 Å². The van der Waals surface area contributed by atoms with Gasteiger partial charge < -0.3 is 9.64 Å². The minimum absolute atomic E-state index is 0.00169. The van der Waals surface area contributed by atoms with Crippen molar-refractivity contribution in [1.29, 1.82) is 0 Å². The third-order valence-electron chi connectivity index (χ3n) is 4.18. The summed E-state index contributed by atoms with van der Waals surface area (Å²) in [6.45, 7) is 5.65. The molecule has 0 bridgehead atoms. The molecule has 0 spiro atoms. The first-order valence-corrected chi connectivity index (χ1v) is 7.39. The van der Waals surface area contributed by atoms with Crippen LogP contribution in [0.15, 0.2) is 11.6 Å². The molecular weight excluding hydrogens is 226 g/mol. The first kappa shape index (κ1) is 13.6. The Balaban J connectivity index is 1.62. The molecule has 3 nitrogen and oxygen atoms in total. The molecule has 102 valence electrons. The average Bonchev–Trinajstić information content (AvgIpc) is 2.39. The van der Waals surface area contributed by atoms with Crippen molar-refractivity contribution in [3.63, 3.8) is 0 Å². The molecule has 1 N–H and O–H groups in total. The topological polar surface area (TPSA) is 30.7 Å². The standard InChI is InChI=1S/C15H25NO2/c1-13-5-7-14(8-6-13)12-18-15(17)11-16-9-3-2-4-10-16/h5,14H,2-4,6-12H2,1H3/p+1. The number of carbonyl (C=O) groups excluding carboxylic acids is 1. The van der Waals surface area contributed by atoms with Gasteiger partial charge in [-0.05, 0) is 51.4 Å². The lowest BCUT2D eigenvalue weighted by Crippen LogP contribution is -3.13. The van der Waals surface area contributed by atoms with Crippen molar-refractivity contribution in [2.75, 3.05) is 26.2 Å². The Labute approximate surface area is 110 Å². The van der Waals surface area contributed by atoms with Crippen LogP contribution in [-0.4, -0.2) is 32.2 Å². The number of hydrogen-bond acceptors (Lipinski definition) is 2. The molecule has 3 heteroatoms. The summed E-state index contributed by atoms with van der Waals surface area (Å²) in [5.41, 5.74) is 1.48. The largest absolute Gasteiger partial charge is 0.461 e. The number of piperidine rings is 1. The van der Waals surface area contributed by atoms with Crippen LogP contribution in [-0.2, 0) is 9.53 Å². The fraction of sp³-hybridized carbons (Fsp3) is 0.800. The van der Waals surface area contributed by atoms with Crippen LogP contribution in [0.1, 0.15) is 45.4 Å². The number of nitrogens with one attached hydrogen (secondary N) is 1. The highest BCUT2D eigenvalue weighted by atomic mass is 16.5. The molecule has 0 aromatic rings. The van der Waals surface area contributed by atoms with Gasteiger partial charge in [0.15, 0.2) is 6.54 Å². The van der Waals surface area contributed by atoms with E-state index in [1.54, 1.807) is 0 Å². The molecule has 1 aliphatic carbocycles. The van der Waals surface area contributed by atoms with Gasteiger partial charge in [0.05, 0.1) is 19.7 Å². The normalized spacial score (nSPS) is 25.6. The third-order valence-corrected chi connectivity index (χ3v) is 4.18. The summed E-state index contributed by atoms with van der Waals surface area (Å²) in [6.07, 6.45) is 9.55. The van der Waals surface area contributed by atoms with E-state index in [-0.39, 0.29) is 5.97 Å². The van der Waals surface area contributed by atoms with E-state index in [2.05, 4.69) is 13.0 Å². The van der Waals surface area contributed by atoms with Gasteiger partial charge in [-0.15, -0.1) is 0 Å². The second-order valence-corrected chi connectivity index (χ2v) is 5.86. The molecule has 1 aliphatic heterocycles. The van der Waals surface area contributed by atoms with Crippen molar-refractivity contribution in [2.45, 2.75) is 45.4 Å². The number of hydrogen-bond donors (Lipinski definition) is 1. The molecular formula is C15H26NO2+. The van der Waals surface area contributed by atoms with E-state index in [0.29, 0.717) is 19.1 Å². The summed E-state index contributed by atoms with van der Waals surface area (Å²) in [7, 11) is 0. The molecule has 0 amide bonds. The van der Waals surface area contributed by atoms with E-state index in [0.717, 1.165) is 19.5 Å². The zero-order valence-electron chi connectivity index (χ0n) is 11.5. The van der Waals surface area contributed by atoms with Crippen molar-refractivity contribution in [3.8, 4) is 0 Å². The van der Waals surface area contributed by atoms with E-state index in [9.17, 15) is 4.79 Å². The Kier molecular flexibility index (Phi) is 5.24. The van der Waals surface area contributed by atoms with Crippen molar-refractivity contribution in [2.24, 2.45) is 5.92 Å². The number of likely N-dealkylation sites (tertiary alicyclic amines) is 1. The summed E-state index contributed by atoms with van der Waals surface area (Å²) in [6, 6.07) is 0. The van der Waals surface area contributed by atoms with Gasteiger partial charge in [-0.1, -0.05) is 11.6 Å². The molecule has 2 rings (SSSR count). The van der Waals surface area contributed by atoms with Crippen molar-refractivity contribution in [3.05, 3.63) is 11.6 Å². The molecule has 0 aromatic heterocycles. The van der Waals surface area contributed by atoms with Gasteiger partial charge in [-0.25, -0.2) is 4.79 Å². The lowest BCUT2D eigenvalue weighted by molar-refractivity contribution is -0.897. The number of quaternary nitrogens is 1. The highest BCUT2D eigenvalue weighted by molar-refractivity contribution is 5.70. The maximum absolute atomic E-state index is 11.8. The predicted octanol–water partition coefficient (Wildman–Crippen LogP) is 1.34. The van der Waals surface area contributed by atoms with Crippen LogP contribution in [0.5, 0.6) is 0 Å². The molecule has 1 heterocycles. The Bertz CT molecular complexity index is 306. The van der Waals surface area contributed by atoms with Crippen LogP contribution in [0.25, 0.3) is 0 Å². The molecule has 1 unspecified atom stereocenters. The van der Waals surface area contributed by atoms with E-state index in [1.165, 1.54) is 42.6 Å². The summed E-state index contributed by atoms with van der Waals surface area (Å²) < 4.78 is 5.43. The number of carbonyl (C=O) groups is 1. The first-order chi connectivity index (χ1) is 8.74. The monoisotopic (exact) mass is 252 g/mol. The van der Waals surface area contributed by atoms with Crippen LogP contribution in [0, 0.1) is 5.92 Å². The first-order valence-electron chi connectivity index (χ1n) is 7.39. The summed E-state index contributed by atoms with van der Waals surface area (Å²) in [5.74, 6) is 0.548. The van der Waals surface area contributed by atoms with Gasteiger partial charge in [-0.2, -0.15) is 0 Å². The van der Waals surface area contributed by atoms with Gasteiger partial charge in [0.2, 0.25) is 0 Å². The number of rotatable bonds is 4. The molecule has 0 radical (unpaired) electrons. The number of ether oxygens (including phenoxy) is 1. The Morgan fingerprint density at radius 3 is 2.83 bits per heavy atom. The maximum Gasteiger partial charge on any atom is 0.361 e. The van der Waals surface area contributed by atoms with Crippen LogP contribution in [0.4, 0.5) is 0 Å². The van der Waals surface area contributed by atoms with Gasteiger partial charge in [0.25, 0.3) is 0 Å². The second-order valence-electron chi connectivity index (χ2n) is 5.86. The fourth-order valence-electron chi connectivity index (χ4n) is 2.87. The highest BCUT2D eigenvalue weighted by Crippen LogP contribution is 2.23. The average molecular weight is 252 g/mol. The molecule has 1 saturated heterocycles. The molecule has 0 saturated carbocycles. The van der Waals surface area contributed by atoms with Gasteiger partial charge in [-0.3, -0.25) is 0 Å². The van der Waals surface area contributed by atoms with Crippen molar-refractivity contribution >= 4 is 5.97 Å².